The molecule has 0 fully saturated rings. The smallest absolute Gasteiger partial charge is 0.331 e. The quantitative estimate of drug-likeness (QED) is 0.371. The minimum Gasteiger partial charge on any atom is -0.478 e. The van der Waals surface area contributed by atoms with Crippen LogP contribution in [0.5, 0.6) is 0 Å². The highest BCUT2D eigenvalue weighted by molar-refractivity contribution is 5.91. The molecule has 0 unspecified atom stereocenters. The Morgan fingerprint density at radius 3 is 2.00 bits per heavy atom. The lowest BCUT2D eigenvalue weighted by atomic mass is 9.76. The lowest BCUT2D eigenvalue weighted by molar-refractivity contribution is -0.141. The molecular weight excluding hydrogens is 466 g/mol. The van der Waals surface area contributed by atoms with E-state index in [-0.39, 0.29) is 23.3 Å². The number of hydrogen-bond donors (Lipinski definition) is 3. The standard InChI is InChI=1S/C30H49N3O4/c1-18(2)21-14-13-15-22(17-21)30(9,10)24(31-11)26(34)32-25(29(6,7)8)27(35)33(12)23(19(3)4)16-20(5)28(36)37/h13-19,23-25,31H,1-12H3,(H,32,34)(H,36,37)/b20-16+/t23-,24+,25-/m1/s1. The van der Waals surface area contributed by atoms with Crippen molar-refractivity contribution >= 4 is 17.8 Å². The normalized spacial score (nSPS) is 15.4. The van der Waals surface area contributed by atoms with Crippen molar-refractivity contribution in [3.8, 4) is 0 Å². The number of likely N-dealkylation sites (N-methyl/N-ethyl adjacent to an activating group) is 2. The van der Waals surface area contributed by atoms with Gasteiger partial charge in [0.15, 0.2) is 0 Å². The fraction of sp³-hybridized carbons (Fsp3) is 0.633. The van der Waals surface area contributed by atoms with Gasteiger partial charge in [-0.05, 0) is 42.3 Å². The zero-order valence-corrected chi connectivity index (χ0v) is 24.9. The molecule has 3 atom stereocenters. The second-order valence-corrected chi connectivity index (χ2v) is 12.4. The minimum atomic E-state index is -1.02. The van der Waals surface area contributed by atoms with Crippen LogP contribution < -0.4 is 10.6 Å². The summed E-state index contributed by atoms with van der Waals surface area (Å²) in [6.45, 7) is 19.5. The minimum absolute atomic E-state index is 0.0169. The molecule has 0 aliphatic heterocycles. The fourth-order valence-corrected chi connectivity index (χ4v) is 4.59. The van der Waals surface area contributed by atoms with E-state index in [1.165, 1.54) is 12.5 Å². The van der Waals surface area contributed by atoms with Gasteiger partial charge in [0.25, 0.3) is 0 Å². The van der Waals surface area contributed by atoms with Gasteiger partial charge in [-0.2, -0.15) is 0 Å². The third-order valence-electron chi connectivity index (χ3n) is 7.21. The van der Waals surface area contributed by atoms with Crippen LogP contribution in [0.2, 0.25) is 0 Å². The first-order chi connectivity index (χ1) is 16.9. The maximum Gasteiger partial charge on any atom is 0.331 e. The number of benzene rings is 1. The SMILES string of the molecule is CN[C@@H](C(=O)N[C@H](C(=O)N(C)[C@H](/C=C(\C)C(=O)O)C(C)C)C(C)(C)C)C(C)(C)c1cccc(C(C)C)c1. The average Bonchev–Trinajstić information content (AvgIpc) is 2.79. The summed E-state index contributed by atoms with van der Waals surface area (Å²) < 4.78 is 0. The van der Waals surface area contributed by atoms with Crippen molar-refractivity contribution in [3.63, 3.8) is 0 Å². The number of carbonyl (C=O) groups excluding carboxylic acids is 2. The van der Waals surface area contributed by atoms with Gasteiger partial charge in [-0.3, -0.25) is 9.59 Å². The molecule has 2 amide bonds. The summed E-state index contributed by atoms with van der Waals surface area (Å²) in [7, 11) is 3.42. The molecule has 0 saturated heterocycles. The molecule has 1 aromatic carbocycles. The predicted octanol–water partition coefficient (Wildman–Crippen LogP) is 4.72. The Bertz CT molecular complexity index is 989. The third kappa shape index (κ3) is 8.16. The van der Waals surface area contributed by atoms with Gasteiger partial charge in [-0.15, -0.1) is 0 Å². The van der Waals surface area contributed by atoms with Crippen molar-refractivity contribution in [2.24, 2.45) is 11.3 Å². The van der Waals surface area contributed by atoms with Gasteiger partial charge >= 0.3 is 5.97 Å². The Hall–Kier alpha value is -2.67. The molecule has 7 nitrogen and oxygen atoms in total. The molecule has 208 valence electrons. The van der Waals surface area contributed by atoms with Crippen LogP contribution in [0.4, 0.5) is 0 Å². The number of rotatable bonds is 11. The number of carboxylic acid groups (broad SMARTS) is 1. The van der Waals surface area contributed by atoms with Crippen molar-refractivity contribution in [1.82, 2.24) is 15.5 Å². The molecule has 37 heavy (non-hydrogen) atoms. The summed E-state index contributed by atoms with van der Waals surface area (Å²) in [5.74, 6) is -1.20. The molecule has 1 aromatic rings. The third-order valence-corrected chi connectivity index (χ3v) is 7.21. The molecule has 0 aromatic heterocycles. The van der Waals surface area contributed by atoms with Crippen molar-refractivity contribution in [3.05, 3.63) is 47.0 Å². The largest absolute Gasteiger partial charge is 0.478 e. The monoisotopic (exact) mass is 515 g/mol. The van der Waals surface area contributed by atoms with E-state index in [0.717, 1.165) is 5.56 Å². The number of carboxylic acids is 1. The Labute approximate surface area is 224 Å². The van der Waals surface area contributed by atoms with Crippen molar-refractivity contribution < 1.29 is 19.5 Å². The average molecular weight is 516 g/mol. The van der Waals surface area contributed by atoms with E-state index in [1.807, 2.05) is 60.6 Å². The number of nitrogens with zero attached hydrogens (tertiary/aromatic N) is 1. The van der Waals surface area contributed by atoms with Crippen molar-refractivity contribution in [2.75, 3.05) is 14.1 Å². The lowest BCUT2D eigenvalue weighted by Gasteiger charge is -2.40. The van der Waals surface area contributed by atoms with Crippen molar-refractivity contribution in [1.29, 1.82) is 0 Å². The van der Waals surface area contributed by atoms with Gasteiger partial charge in [-0.1, -0.05) is 92.7 Å². The topological polar surface area (TPSA) is 98.7 Å². The van der Waals surface area contributed by atoms with Crippen LogP contribution in [0.3, 0.4) is 0 Å². The summed E-state index contributed by atoms with van der Waals surface area (Å²) in [5, 5.41) is 15.6. The second-order valence-electron chi connectivity index (χ2n) is 12.4. The first-order valence-corrected chi connectivity index (χ1v) is 13.1. The maximum atomic E-state index is 13.8. The Balaban J connectivity index is 3.36. The summed E-state index contributed by atoms with van der Waals surface area (Å²) in [4.78, 5) is 40.5. The van der Waals surface area contributed by atoms with Gasteiger partial charge in [0.05, 0.1) is 12.1 Å². The lowest BCUT2D eigenvalue weighted by Crippen LogP contribution is -2.61. The summed E-state index contributed by atoms with van der Waals surface area (Å²) in [6, 6.07) is 6.47. The Kier molecular flexibility index (Phi) is 11.1. The fourth-order valence-electron chi connectivity index (χ4n) is 4.59. The molecule has 7 heteroatoms. The number of amides is 2. The maximum absolute atomic E-state index is 13.8. The highest BCUT2D eigenvalue weighted by atomic mass is 16.4. The number of nitrogens with one attached hydrogen (secondary N) is 2. The van der Waals surface area contributed by atoms with Crippen LogP contribution in [0, 0.1) is 11.3 Å². The Morgan fingerprint density at radius 2 is 1.57 bits per heavy atom. The zero-order valence-electron chi connectivity index (χ0n) is 24.9. The van der Waals surface area contributed by atoms with E-state index in [9.17, 15) is 19.5 Å². The van der Waals surface area contributed by atoms with Crippen LogP contribution in [0.25, 0.3) is 0 Å². The number of carbonyl (C=O) groups is 3. The van der Waals surface area contributed by atoms with E-state index in [0.29, 0.717) is 5.92 Å². The molecule has 1 rings (SSSR count). The highest BCUT2D eigenvalue weighted by Gasteiger charge is 2.41. The van der Waals surface area contributed by atoms with Crippen LogP contribution in [0.15, 0.2) is 35.9 Å². The molecule has 3 N–H and O–H groups in total. The van der Waals surface area contributed by atoms with Gasteiger partial charge in [0, 0.05) is 18.0 Å². The summed E-state index contributed by atoms with van der Waals surface area (Å²) >= 11 is 0. The summed E-state index contributed by atoms with van der Waals surface area (Å²) in [5.41, 5.74) is 1.29. The van der Waals surface area contributed by atoms with Crippen LogP contribution >= 0.6 is 0 Å². The van der Waals surface area contributed by atoms with E-state index >= 15 is 0 Å². The second kappa shape index (κ2) is 12.7. The summed E-state index contributed by atoms with van der Waals surface area (Å²) in [6.07, 6.45) is 1.60. The van der Waals surface area contributed by atoms with E-state index in [4.69, 9.17) is 0 Å². The molecule has 0 aliphatic rings. The van der Waals surface area contributed by atoms with Gasteiger partial charge in [0.2, 0.25) is 11.8 Å². The zero-order chi connectivity index (χ0) is 28.9. The van der Waals surface area contributed by atoms with Crippen LogP contribution in [-0.2, 0) is 19.8 Å². The highest BCUT2D eigenvalue weighted by Crippen LogP contribution is 2.31. The van der Waals surface area contributed by atoms with Gasteiger partial charge in [-0.25, -0.2) is 4.79 Å². The van der Waals surface area contributed by atoms with E-state index < -0.39 is 34.9 Å². The first kappa shape index (κ1) is 32.4. The molecular formula is C30H49N3O4. The molecule has 0 radical (unpaired) electrons. The molecule has 0 heterocycles. The van der Waals surface area contributed by atoms with Crippen molar-refractivity contribution in [2.45, 2.75) is 98.7 Å². The van der Waals surface area contributed by atoms with Crippen LogP contribution in [-0.4, -0.2) is 60.0 Å². The number of hydrogen-bond acceptors (Lipinski definition) is 4. The van der Waals surface area contributed by atoms with E-state index in [1.54, 1.807) is 25.1 Å². The number of aliphatic carboxylic acids is 1. The molecule has 0 bridgehead atoms. The van der Waals surface area contributed by atoms with E-state index in [2.05, 4.69) is 36.6 Å². The van der Waals surface area contributed by atoms with Crippen LogP contribution in [0.1, 0.15) is 86.3 Å². The predicted molar refractivity (Wildman–Crippen MR) is 151 cm³/mol. The Morgan fingerprint density at radius 1 is 1.00 bits per heavy atom. The first-order valence-electron chi connectivity index (χ1n) is 13.1. The van der Waals surface area contributed by atoms with Gasteiger partial charge < -0.3 is 20.6 Å². The molecule has 0 spiro atoms. The molecule has 0 saturated carbocycles. The van der Waals surface area contributed by atoms with Gasteiger partial charge in [0.1, 0.15) is 6.04 Å². The molecule has 0 aliphatic carbocycles.